The Bertz CT molecular complexity index is 358. The summed E-state index contributed by atoms with van der Waals surface area (Å²) in [6.45, 7) is 0. The lowest BCUT2D eigenvalue weighted by Gasteiger charge is -2.24. The smallest absolute Gasteiger partial charge is 0.0373 e. The minimum atomic E-state index is 0.840. The summed E-state index contributed by atoms with van der Waals surface area (Å²) >= 11 is 0. The van der Waals surface area contributed by atoms with Crippen LogP contribution in [0.4, 0.5) is 5.69 Å². The molecule has 3 rings (SSSR count). The second-order valence-electron chi connectivity index (χ2n) is 5.12. The first-order valence-electron chi connectivity index (χ1n) is 6.15. The molecule has 80 valence electrons. The second-order valence-corrected chi connectivity index (χ2v) is 5.12. The first-order chi connectivity index (χ1) is 7.38. The Morgan fingerprint density at radius 2 is 2.00 bits per heavy atom. The summed E-state index contributed by atoms with van der Waals surface area (Å²) in [4.78, 5) is 0. The lowest BCUT2D eigenvalue weighted by molar-refractivity contribution is 0.421. The molecule has 2 aliphatic carbocycles. The van der Waals surface area contributed by atoms with Gasteiger partial charge in [0.25, 0.3) is 0 Å². The van der Waals surface area contributed by atoms with Crippen LogP contribution in [-0.4, -0.2) is 7.05 Å². The van der Waals surface area contributed by atoms with Crippen LogP contribution in [-0.2, 0) is 0 Å². The fourth-order valence-corrected chi connectivity index (χ4v) is 3.67. The molecule has 2 aliphatic rings. The average Bonchev–Trinajstić information content (AvgIpc) is 2.90. The number of rotatable bonds is 2. The van der Waals surface area contributed by atoms with Gasteiger partial charge in [-0.25, -0.2) is 0 Å². The van der Waals surface area contributed by atoms with Crippen LogP contribution >= 0.6 is 0 Å². The quantitative estimate of drug-likeness (QED) is 0.770. The summed E-state index contributed by atoms with van der Waals surface area (Å²) in [6, 6.07) is 8.84. The number of hydrogen-bond acceptors (Lipinski definition) is 1. The van der Waals surface area contributed by atoms with Crippen molar-refractivity contribution in [3.8, 4) is 0 Å². The Hall–Kier alpha value is -0.980. The first kappa shape index (κ1) is 9.26. The summed E-state index contributed by atoms with van der Waals surface area (Å²) in [5.74, 6) is 2.85. The summed E-state index contributed by atoms with van der Waals surface area (Å²) in [5, 5.41) is 3.33. The van der Waals surface area contributed by atoms with Crippen LogP contribution in [0.2, 0.25) is 0 Å². The molecular formula is C14H19N. The molecule has 15 heavy (non-hydrogen) atoms. The van der Waals surface area contributed by atoms with Crippen molar-refractivity contribution in [2.45, 2.75) is 31.6 Å². The standard InChI is InChI=1S/C14H19N/c1-15-14-5-3-2-4-12(14)13-9-10-6-7-11(13)8-10/h2-5,10-11,13,15H,6-9H2,1H3. The maximum Gasteiger partial charge on any atom is 0.0373 e. The normalized spacial score (nSPS) is 33.3. The third kappa shape index (κ3) is 1.45. The van der Waals surface area contributed by atoms with Crippen molar-refractivity contribution in [3.63, 3.8) is 0 Å². The van der Waals surface area contributed by atoms with Gasteiger partial charge < -0.3 is 5.32 Å². The van der Waals surface area contributed by atoms with Gasteiger partial charge in [-0.1, -0.05) is 24.6 Å². The highest BCUT2D eigenvalue weighted by Crippen LogP contribution is 2.53. The van der Waals surface area contributed by atoms with E-state index in [4.69, 9.17) is 0 Å². The number of fused-ring (bicyclic) bond motifs is 2. The molecule has 1 heteroatoms. The van der Waals surface area contributed by atoms with Gasteiger partial charge in [0.05, 0.1) is 0 Å². The minimum Gasteiger partial charge on any atom is -0.388 e. The molecule has 1 aromatic rings. The molecule has 0 heterocycles. The van der Waals surface area contributed by atoms with Crippen molar-refractivity contribution in [3.05, 3.63) is 29.8 Å². The third-order valence-corrected chi connectivity index (χ3v) is 4.37. The third-order valence-electron chi connectivity index (χ3n) is 4.37. The molecule has 2 fully saturated rings. The van der Waals surface area contributed by atoms with E-state index < -0.39 is 0 Å². The van der Waals surface area contributed by atoms with E-state index in [-0.39, 0.29) is 0 Å². The number of benzene rings is 1. The molecule has 3 unspecified atom stereocenters. The van der Waals surface area contributed by atoms with E-state index in [9.17, 15) is 0 Å². The van der Waals surface area contributed by atoms with Gasteiger partial charge >= 0.3 is 0 Å². The van der Waals surface area contributed by atoms with Crippen molar-refractivity contribution >= 4 is 5.69 Å². The SMILES string of the molecule is CNc1ccccc1C1CC2CCC1C2. The van der Waals surface area contributed by atoms with Gasteiger partial charge in [0.2, 0.25) is 0 Å². The van der Waals surface area contributed by atoms with E-state index in [1.807, 2.05) is 7.05 Å². The van der Waals surface area contributed by atoms with Crippen LogP contribution < -0.4 is 5.32 Å². The van der Waals surface area contributed by atoms with Gasteiger partial charge in [0.1, 0.15) is 0 Å². The lowest BCUT2D eigenvalue weighted by Crippen LogP contribution is -2.10. The Morgan fingerprint density at radius 3 is 2.67 bits per heavy atom. The largest absolute Gasteiger partial charge is 0.388 e. The molecule has 2 bridgehead atoms. The predicted octanol–water partition coefficient (Wildman–Crippen LogP) is 3.63. The minimum absolute atomic E-state index is 0.840. The van der Waals surface area contributed by atoms with Crippen LogP contribution in [0, 0.1) is 11.8 Å². The van der Waals surface area contributed by atoms with Gasteiger partial charge in [-0.05, 0) is 48.6 Å². The van der Waals surface area contributed by atoms with Gasteiger partial charge in [-0.3, -0.25) is 0 Å². The predicted molar refractivity (Wildman–Crippen MR) is 64.2 cm³/mol. The highest BCUT2D eigenvalue weighted by molar-refractivity contribution is 5.53. The van der Waals surface area contributed by atoms with Gasteiger partial charge in [0.15, 0.2) is 0 Å². The van der Waals surface area contributed by atoms with Crippen LogP contribution in [0.3, 0.4) is 0 Å². The van der Waals surface area contributed by atoms with E-state index in [2.05, 4.69) is 29.6 Å². The molecule has 1 N–H and O–H groups in total. The van der Waals surface area contributed by atoms with E-state index in [1.54, 1.807) is 5.56 Å². The van der Waals surface area contributed by atoms with Crippen molar-refractivity contribution < 1.29 is 0 Å². The number of nitrogens with one attached hydrogen (secondary N) is 1. The summed E-state index contributed by atoms with van der Waals surface area (Å²) in [6.07, 6.45) is 5.88. The van der Waals surface area contributed by atoms with E-state index in [0.717, 1.165) is 17.8 Å². The summed E-state index contributed by atoms with van der Waals surface area (Å²) < 4.78 is 0. The van der Waals surface area contributed by atoms with Crippen molar-refractivity contribution in [2.75, 3.05) is 12.4 Å². The molecule has 0 aliphatic heterocycles. The van der Waals surface area contributed by atoms with E-state index in [0.29, 0.717) is 0 Å². The second kappa shape index (κ2) is 3.55. The first-order valence-corrected chi connectivity index (χ1v) is 6.15. The number of hydrogen-bond donors (Lipinski definition) is 1. The molecule has 0 aromatic heterocycles. The zero-order valence-corrected chi connectivity index (χ0v) is 9.37. The summed E-state index contributed by atoms with van der Waals surface area (Å²) in [5.41, 5.74) is 2.90. The van der Waals surface area contributed by atoms with Crippen molar-refractivity contribution in [1.29, 1.82) is 0 Å². The molecule has 0 amide bonds. The van der Waals surface area contributed by atoms with Gasteiger partial charge in [0, 0.05) is 12.7 Å². The molecule has 1 aromatic carbocycles. The zero-order chi connectivity index (χ0) is 10.3. The highest BCUT2D eigenvalue weighted by atomic mass is 14.8. The van der Waals surface area contributed by atoms with Crippen LogP contribution in [0.1, 0.15) is 37.2 Å². The van der Waals surface area contributed by atoms with E-state index in [1.165, 1.54) is 31.4 Å². The Balaban J connectivity index is 1.92. The van der Waals surface area contributed by atoms with E-state index >= 15 is 0 Å². The monoisotopic (exact) mass is 201 g/mol. The lowest BCUT2D eigenvalue weighted by atomic mass is 9.83. The summed E-state index contributed by atoms with van der Waals surface area (Å²) in [7, 11) is 2.03. The number of anilines is 1. The molecule has 1 nitrogen and oxygen atoms in total. The van der Waals surface area contributed by atoms with Crippen LogP contribution in [0.25, 0.3) is 0 Å². The Morgan fingerprint density at radius 1 is 1.13 bits per heavy atom. The van der Waals surface area contributed by atoms with Crippen molar-refractivity contribution in [1.82, 2.24) is 0 Å². The molecule has 0 radical (unpaired) electrons. The van der Waals surface area contributed by atoms with Gasteiger partial charge in [-0.15, -0.1) is 0 Å². The molecule has 3 atom stereocenters. The topological polar surface area (TPSA) is 12.0 Å². The zero-order valence-electron chi connectivity index (χ0n) is 9.37. The Labute approximate surface area is 91.9 Å². The number of para-hydroxylation sites is 1. The van der Waals surface area contributed by atoms with Crippen LogP contribution in [0.15, 0.2) is 24.3 Å². The highest BCUT2D eigenvalue weighted by Gasteiger charge is 2.40. The molecule has 0 spiro atoms. The Kier molecular flexibility index (Phi) is 2.19. The molecule has 0 saturated heterocycles. The molecular weight excluding hydrogens is 182 g/mol. The maximum atomic E-state index is 3.33. The maximum absolute atomic E-state index is 3.33. The fourth-order valence-electron chi connectivity index (χ4n) is 3.67. The van der Waals surface area contributed by atoms with Crippen molar-refractivity contribution in [2.24, 2.45) is 11.8 Å². The van der Waals surface area contributed by atoms with Gasteiger partial charge in [-0.2, -0.15) is 0 Å². The van der Waals surface area contributed by atoms with Crippen LogP contribution in [0.5, 0.6) is 0 Å². The fraction of sp³-hybridized carbons (Fsp3) is 0.571. The molecule has 2 saturated carbocycles. The average molecular weight is 201 g/mol.